The topological polar surface area (TPSA) is 74.8 Å². The predicted molar refractivity (Wildman–Crippen MR) is 96.5 cm³/mol. The van der Waals surface area contributed by atoms with E-state index < -0.39 is 0 Å². The van der Waals surface area contributed by atoms with Gasteiger partial charge in [0.2, 0.25) is 5.56 Å². The fourth-order valence-electron chi connectivity index (χ4n) is 2.70. The molecule has 0 bridgehead atoms. The molecular weight excluding hydrogens is 314 g/mol. The number of pyridine rings is 2. The molecule has 5 heteroatoms. The molecule has 0 aliphatic carbocycles. The maximum absolute atomic E-state index is 12.7. The molecule has 2 aromatic heterocycles. The Hall–Kier alpha value is -3.21. The minimum absolute atomic E-state index is 0.291. The average Bonchev–Trinajstić information content (AvgIpc) is 2.60. The quantitative estimate of drug-likeness (QED) is 0.771. The Morgan fingerprint density at radius 2 is 1.64 bits per heavy atom. The summed E-state index contributed by atoms with van der Waals surface area (Å²) >= 11 is 0. The molecule has 0 saturated carbocycles. The SMILES string of the molecule is Cc1ccc(C(NC(=O)c2cc(C)[nH]c(=O)c2)c2ccncc2)cc1. The molecule has 1 atom stereocenters. The van der Waals surface area contributed by atoms with Crippen LogP contribution in [-0.4, -0.2) is 15.9 Å². The average molecular weight is 333 g/mol. The Morgan fingerprint density at radius 1 is 1.00 bits per heavy atom. The molecule has 126 valence electrons. The number of aromatic amines is 1. The molecule has 2 heterocycles. The van der Waals surface area contributed by atoms with Crippen LogP contribution < -0.4 is 10.9 Å². The monoisotopic (exact) mass is 333 g/mol. The summed E-state index contributed by atoms with van der Waals surface area (Å²) in [6.45, 7) is 3.77. The van der Waals surface area contributed by atoms with E-state index >= 15 is 0 Å². The van der Waals surface area contributed by atoms with Crippen LogP contribution in [0.15, 0.2) is 65.7 Å². The maximum atomic E-state index is 12.7. The summed E-state index contributed by atoms with van der Waals surface area (Å²) in [4.78, 5) is 31.0. The number of aromatic nitrogens is 2. The van der Waals surface area contributed by atoms with E-state index in [1.165, 1.54) is 6.07 Å². The van der Waals surface area contributed by atoms with E-state index in [9.17, 15) is 9.59 Å². The number of carbonyl (C=O) groups excluding carboxylic acids is 1. The van der Waals surface area contributed by atoms with E-state index in [0.717, 1.165) is 16.7 Å². The van der Waals surface area contributed by atoms with Crippen molar-refractivity contribution in [3.63, 3.8) is 0 Å². The van der Waals surface area contributed by atoms with Crippen LogP contribution in [0.2, 0.25) is 0 Å². The molecule has 0 saturated heterocycles. The fraction of sp³-hybridized carbons (Fsp3) is 0.150. The van der Waals surface area contributed by atoms with Crippen molar-refractivity contribution >= 4 is 5.91 Å². The van der Waals surface area contributed by atoms with Crippen LogP contribution in [0.3, 0.4) is 0 Å². The first kappa shape index (κ1) is 16.6. The van der Waals surface area contributed by atoms with E-state index in [1.54, 1.807) is 25.4 Å². The third-order valence-corrected chi connectivity index (χ3v) is 3.97. The minimum Gasteiger partial charge on any atom is -0.341 e. The minimum atomic E-state index is -0.323. The van der Waals surface area contributed by atoms with Crippen LogP contribution in [0.25, 0.3) is 0 Å². The zero-order valence-corrected chi connectivity index (χ0v) is 14.1. The molecular formula is C20H19N3O2. The molecule has 1 amide bonds. The second kappa shape index (κ2) is 7.13. The van der Waals surface area contributed by atoms with Gasteiger partial charge in [0, 0.05) is 29.7 Å². The Labute approximate surface area is 145 Å². The van der Waals surface area contributed by atoms with Crippen molar-refractivity contribution in [2.75, 3.05) is 0 Å². The number of H-pyrrole nitrogens is 1. The van der Waals surface area contributed by atoms with Gasteiger partial charge >= 0.3 is 0 Å². The van der Waals surface area contributed by atoms with Crippen LogP contribution in [0.4, 0.5) is 0 Å². The van der Waals surface area contributed by atoms with Crippen LogP contribution in [0.5, 0.6) is 0 Å². The summed E-state index contributed by atoms with van der Waals surface area (Å²) in [5, 5.41) is 3.02. The first-order valence-electron chi connectivity index (χ1n) is 8.01. The van der Waals surface area contributed by atoms with Gasteiger partial charge in [-0.25, -0.2) is 0 Å². The van der Waals surface area contributed by atoms with Crippen molar-refractivity contribution in [2.24, 2.45) is 0 Å². The van der Waals surface area contributed by atoms with Gasteiger partial charge in [-0.2, -0.15) is 0 Å². The van der Waals surface area contributed by atoms with Crippen molar-refractivity contribution in [1.29, 1.82) is 0 Å². The molecule has 3 aromatic rings. The van der Waals surface area contributed by atoms with E-state index in [0.29, 0.717) is 11.3 Å². The normalized spacial score (nSPS) is 11.8. The molecule has 2 N–H and O–H groups in total. The lowest BCUT2D eigenvalue weighted by molar-refractivity contribution is 0.0942. The van der Waals surface area contributed by atoms with Gasteiger partial charge in [-0.05, 0) is 43.2 Å². The number of hydrogen-bond acceptors (Lipinski definition) is 3. The van der Waals surface area contributed by atoms with E-state index in [-0.39, 0.29) is 17.5 Å². The number of nitrogens with zero attached hydrogens (tertiary/aromatic N) is 1. The van der Waals surface area contributed by atoms with Crippen molar-refractivity contribution < 1.29 is 4.79 Å². The molecule has 3 rings (SSSR count). The van der Waals surface area contributed by atoms with Gasteiger partial charge in [-0.1, -0.05) is 29.8 Å². The molecule has 0 fully saturated rings. The highest BCUT2D eigenvalue weighted by Gasteiger charge is 2.18. The molecule has 25 heavy (non-hydrogen) atoms. The Bertz CT molecular complexity index is 931. The number of carbonyl (C=O) groups is 1. The van der Waals surface area contributed by atoms with Gasteiger partial charge < -0.3 is 10.3 Å². The zero-order valence-electron chi connectivity index (χ0n) is 14.1. The number of benzene rings is 1. The fourth-order valence-corrected chi connectivity index (χ4v) is 2.70. The van der Waals surface area contributed by atoms with E-state index in [2.05, 4.69) is 15.3 Å². The molecule has 0 aliphatic heterocycles. The van der Waals surface area contributed by atoms with Gasteiger partial charge in [-0.3, -0.25) is 14.6 Å². The van der Waals surface area contributed by atoms with Crippen LogP contribution >= 0.6 is 0 Å². The first-order valence-corrected chi connectivity index (χ1v) is 8.01. The van der Waals surface area contributed by atoms with Crippen LogP contribution in [0.1, 0.15) is 38.8 Å². The predicted octanol–water partition coefficient (Wildman–Crippen LogP) is 2.91. The molecule has 1 aromatic carbocycles. The van der Waals surface area contributed by atoms with Gasteiger partial charge in [0.25, 0.3) is 5.91 Å². The number of nitrogens with one attached hydrogen (secondary N) is 2. The summed E-state index contributed by atoms with van der Waals surface area (Å²) in [5.74, 6) is -0.295. The van der Waals surface area contributed by atoms with Crippen LogP contribution in [0, 0.1) is 13.8 Å². The number of aryl methyl sites for hydroxylation is 2. The number of hydrogen-bond donors (Lipinski definition) is 2. The smallest absolute Gasteiger partial charge is 0.252 e. The van der Waals surface area contributed by atoms with Crippen molar-refractivity contribution in [3.8, 4) is 0 Å². The summed E-state index contributed by atoms with van der Waals surface area (Å²) in [7, 11) is 0. The molecule has 0 radical (unpaired) electrons. The maximum Gasteiger partial charge on any atom is 0.252 e. The van der Waals surface area contributed by atoms with Gasteiger partial charge in [0.05, 0.1) is 6.04 Å². The summed E-state index contributed by atoms with van der Waals surface area (Å²) in [6, 6.07) is 14.4. The Balaban J connectivity index is 1.96. The van der Waals surface area contributed by atoms with Gasteiger partial charge in [0.1, 0.15) is 0 Å². The van der Waals surface area contributed by atoms with E-state index in [1.807, 2.05) is 43.3 Å². The third kappa shape index (κ3) is 4.01. The largest absolute Gasteiger partial charge is 0.341 e. The summed E-state index contributed by atoms with van der Waals surface area (Å²) in [5.41, 5.74) is 3.73. The summed E-state index contributed by atoms with van der Waals surface area (Å²) in [6.07, 6.45) is 3.39. The Kier molecular flexibility index (Phi) is 4.75. The van der Waals surface area contributed by atoms with Crippen molar-refractivity contribution in [3.05, 3.63) is 99.2 Å². The molecule has 0 spiro atoms. The van der Waals surface area contributed by atoms with Gasteiger partial charge in [-0.15, -0.1) is 0 Å². The molecule has 0 aliphatic rings. The lowest BCUT2D eigenvalue weighted by Crippen LogP contribution is -2.30. The molecule has 5 nitrogen and oxygen atoms in total. The highest BCUT2D eigenvalue weighted by Crippen LogP contribution is 2.22. The second-order valence-electron chi connectivity index (χ2n) is 6.01. The van der Waals surface area contributed by atoms with Crippen molar-refractivity contribution in [1.82, 2.24) is 15.3 Å². The number of amides is 1. The highest BCUT2D eigenvalue weighted by molar-refractivity contribution is 5.94. The third-order valence-electron chi connectivity index (χ3n) is 3.97. The lowest BCUT2D eigenvalue weighted by Gasteiger charge is -2.20. The van der Waals surface area contributed by atoms with Crippen molar-refractivity contribution in [2.45, 2.75) is 19.9 Å². The standard InChI is InChI=1S/C20H19N3O2/c1-13-3-5-15(6-4-13)19(16-7-9-21-10-8-16)23-20(25)17-11-14(2)22-18(24)12-17/h3-12,19H,1-2H3,(H,22,24)(H,23,25). The summed E-state index contributed by atoms with van der Waals surface area (Å²) < 4.78 is 0. The molecule has 1 unspecified atom stereocenters. The zero-order chi connectivity index (χ0) is 17.8. The first-order chi connectivity index (χ1) is 12.0. The number of rotatable bonds is 4. The lowest BCUT2D eigenvalue weighted by atomic mass is 9.98. The van der Waals surface area contributed by atoms with Crippen LogP contribution in [-0.2, 0) is 0 Å². The second-order valence-corrected chi connectivity index (χ2v) is 6.01. The Morgan fingerprint density at radius 3 is 2.28 bits per heavy atom. The van der Waals surface area contributed by atoms with Gasteiger partial charge in [0.15, 0.2) is 0 Å². The van der Waals surface area contributed by atoms with E-state index in [4.69, 9.17) is 0 Å². The highest BCUT2D eigenvalue weighted by atomic mass is 16.2.